The van der Waals surface area contributed by atoms with Crippen molar-refractivity contribution in [2.45, 2.75) is 6.92 Å². The number of halogens is 2. The van der Waals surface area contributed by atoms with E-state index in [-0.39, 0.29) is 6.61 Å². The van der Waals surface area contributed by atoms with Gasteiger partial charge in [0.1, 0.15) is 5.56 Å². The van der Waals surface area contributed by atoms with Gasteiger partial charge in [-0.1, -0.05) is 0 Å². The molecule has 19 heavy (non-hydrogen) atoms. The van der Waals surface area contributed by atoms with Crippen molar-refractivity contribution in [3.8, 4) is 11.5 Å². The Balaban J connectivity index is 3.40. The molecular formula is C12H12F2O5. The fourth-order valence-electron chi connectivity index (χ4n) is 1.38. The summed E-state index contributed by atoms with van der Waals surface area (Å²) in [6.07, 6.45) is 0. The van der Waals surface area contributed by atoms with Crippen molar-refractivity contribution in [3.05, 3.63) is 23.3 Å². The third kappa shape index (κ3) is 2.81. The predicted octanol–water partition coefficient (Wildman–Crippen LogP) is 1.73. The molecule has 0 atom stereocenters. The van der Waals surface area contributed by atoms with Gasteiger partial charge in [0.25, 0.3) is 5.78 Å². The van der Waals surface area contributed by atoms with Crippen LogP contribution in [0.15, 0.2) is 6.07 Å². The van der Waals surface area contributed by atoms with E-state index in [9.17, 15) is 18.4 Å². The summed E-state index contributed by atoms with van der Waals surface area (Å²) in [5.41, 5.74) is -1.06. The quantitative estimate of drug-likeness (QED) is 0.465. The molecule has 0 aliphatic rings. The van der Waals surface area contributed by atoms with Crippen LogP contribution >= 0.6 is 0 Å². The molecule has 0 unspecified atom stereocenters. The fraction of sp³-hybridized carbons (Fsp3) is 0.333. The maximum atomic E-state index is 13.9. The van der Waals surface area contributed by atoms with Crippen LogP contribution in [0.5, 0.6) is 11.5 Å². The minimum absolute atomic E-state index is 0.0884. The van der Waals surface area contributed by atoms with Crippen molar-refractivity contribution in [3.63, 3.8) is 0 Å². The summed E-state index contributed by atoms with van der Waals surface area (Å²) in [4.78, 5) is 22.9. The van der Waals surface area contributed by atoms with Crippen LogP contribution in [0.2, 0.25) is 0 Å². The molecule has 1 aromatic rings. The standard InChI is InChI=1S/C12H12F2O5/c1-4-19-12(16)11(15)8-9(13)6(17-2)5-7(18-3)10(8)14/h5H,4H2,1-3H3. The Hall–Kier alpha value is -2.18. The minimum Gasteiger partial charge on any atom is -0.494 e. The highest BCUT2D eigenvalue weighted by atomic mass is 19.1. The van der Waals surface area contributed by atoms with Gasteiger partial charge in [-0.2, -0.15) is 0 Å². The van der Waals surface area contributed by atoms with E-state index in [0.717, 1.165) is 20.3 Å². The topological polar surface area (TPSA) is 61.8 Å². The van der Waals surface area contributed by atoms with Crippen LogP contribution in [0, 0.1) is 11.6 Å². The van der Waals surface area contributed by atoms with E-state index in [1.807, 2.05) is 0 Å². The number of Topliss-reactive ketones (excluding diaryl/α,β-unsaturated/α-hetero) is 1. The van der Waals surface area contributed by atoms with Gasteiger partial charge in [0.2, 0.25) is 0 Å². The highest BCUT2D eigenvalue weighted by molar-refractivity contribution is 6.40. The first kappa shape index (κ1) is 14.9. The monoisotopic (exact) mass is 274 g/mol. The molecule has 104 valence electrons. The molecule has 0 N–H and O–H groups in total. The van der Waals surface area contributed by atoms with Gasteiger partial charge in [-0.05, 0) is 6.92 Å². The van der Waals surface area contributed by atoms with E-state index in [1.165, 1.54) is 6.92 Å². The Morgan fingerprint density at radius 3 is 1.95 bits per heavy atom. The maximum absolute atomic E-state index is 13.9. The normalized spacial score (nSPS) is 9.95. The first-order valence-electron chi connectivity index (χ1n) is 5.29. The predicted molar refractivity (Wildman–Crippen MR) is 60.4 cm³/mol. The van der Waals surface area contributed by atoms with Gasteiger partial charge in [0.05, 0.1) is 20.8 Å². The third-order valence-corrected chi connectivity index (χ3v) is 2.26. The van der Waals surface area contributed by atoms with E-state index in [1.54, 1.807) is 0 Å². The second-order valence-electron chi connectivity index (χ2n) is 3.33. The average Bonchev–Trinajstić information content (AvgIpc) is 2.39. The first-order chi connectivity index (χ1) is 8.97. The summed E-state index contributed by atoms with van der Waals surface area (Å²) >= 11 is 0. The van der Waals surface area contributed by atoms with E-state index < -0.39 is 40.4 Å². The van der Waals surface area contributed by atoms with Crippen molar-refractivity contribution in [2.75, 3.05) is 20.8 Å². The van der Waals surface area contributed by atoms with Gasteiger partial charge in [0, 0.05) is 6.07 Å². The molecule has 0 saturated heterocycles. The summed E-state index contributed by atoms with van der Waals surface area (Å²) in [6.45, 7) is 1.37. The Bertz CT molecular complexity index is 485. The summed E-state index contributed by atoms with van der Waals surface area (Å²) in [6, 6.07) is 0.937. The number of ketones is 1. The van der Waals surface area contributed by atoms with Crippen molar-refractivity contribution >= 4 is 11.8 Å². The van der Waals surface area contributed by atoms with E-state index in [4.69, 9.17) is 0 Å². The summed E-state index contributed by atoms with van der Waals surface area (Å²) < 4.78 is 41.4. The lowest BCUT2D eigenvalue weighted by Crippen LogP contribution is -2.21. The van der Waals surface area contributed by atoms with Gasteiger partial charge in [-0.3, -0.25) is 4.79 Å². The maximum Gasteiger partial charge on any atom is 0.379 e. The molecule has 5 nitrogen and oxygen atoms in total. The van der Waals surface area contributed by atoms with Crippen LogP contribution < -0.4 is 9.47 Å². The van der Waals surface area contributed by atoms with E-state index >= 15 is 0 Å². The van der Waals surface area contributed by atoms with Crippen molar-refractivity contribution < 1.29 is 32.6 Å². The molecule has 0 radical (unpaired) electrons. The Morgan fingerprint density at radius 2 is 1.58 bits per heavy atom. The molecule has 7 heteroatoms. The van der Waals surface area contributed by atoms with Gasteiger partial charge in [-0.15, -0.1) is 0 Å². The van der Waals surface area contributed by atoms with Gasteiger partial charge in [-0.25, -0.2) is 13.6 Å². The number of methoxy groups -OCH3 is 2. The molecule has 1 aromatic carbocycles. The van der Waals surface area contributed by atoms with Gasteiger partial charge < -0.3 is 14.2 Å². The molecule has 0 aliphatic heterocycles. The Kier molecular flexibility index (Phi) is 4.80. The van der Waals surface area contributed by atoms with Crippen molar-refractivity contribution in [2.24, 2.45) is 0 Å². The number of rotatable bonds is 5. The largest absolute Gasteiger partial charge is 0.494 e. The number of carbonyl (C=O) groups is 2. The zero-order chi connectivity index (χ0) is 14.6. The Labute approximate surface area is 108 Å². The van der Waals surface area contributed by atoms with Crippen LogP contribution in [0.1, 0.15) is 17.3 Å². The number of benzene rings is 1. The second kappa shape index (κ2) is 6.12. The zero-order valence-electron chi connectivity index (χ0n) is 10.6. The number of hydrogen-bond donors (Lipinski definition) is 0. The van der Waals surface area contributed by atoms with Crippen LogP contribution in [0.25, 0.3) is 0 Å². The minimum atomic E-state index is -1.44. The van der Waals surface area contributed by atoms with E-state index in [0.29, 0.717) is 0 Å². The van der Waals surface area contributed by atoms with Crippen LogP contribution in [0.4, 0.5) is 8.78 Å². The number of esters is 1. The average molecular weight is 274 g/mol. The number of carbonyl (C=O) groups excluding carboxylic acids is 2. The molecule has 0 amide bonds. The fourth-order valence-corrected chi connectivity index (χ4v) is 1.38. The van der Waals surface area contributed by atoms with Gasteiger partial charge in [0.15, 0.2) is 23.1 Å². The zero-order valence-corrected chi connectivity index (χ0v) is 10.6. The summed E-state index contributed by atoms with van der Waals surface area (Å²) in [5.74, 6) is -6.17. The molecule has 0 aliphatic carbocycles. The lowest BCUT2D eigenvalue weighted by atomic mass is 10.1. The van der Waals surface area contributed by atoms with E-state index in [2.05, 4.69) is 14.2 Å². The molecular weight excluding hydrogens is 262 g/mol. The second-order valence-corrected chi connectivity index (χ2v) is 3.33. The van der Waals surface area contributed by atoms with Crippen LogP contribution in [-0.2, 0) is 9.53 Å². The summed E-state index contributed by atoms with van der Waals surface area (Å²) in [7, 11) is 2.27. The lowest BCUT2D eigenvalue weighted by Gasteiger charge is -2.11. The molecule has 0 aromatic heterocycles. The molecule has 0 saturated carbocycles. The SMILES string of the molecule is CCOC(=O)C(=O)c1c(F)c(OC)cc(OC)c1F. The molecule has 0 spiro atoms. The molecule has 1 rings (SSSR count). The highest BCUT2D eigenvalue weighted by Gasteiger charge is 2.30. The summed E-state index contributed by atoms with van der Waals surface area (Å²) in [5, 5.41) is 0. The highest BCUT2D eigenvalue weighted by Crippen LogP contribution is 2.31. The molecule has 0 heterocycles. The first-order valence-corrected chi connectivity index (χ1v) is 5.29. The molecule has 0 bridgehead atoms. The third-order valence-electron chi connectivity index (χ3n) is 2.26. The number of hydrogen-bond acceptors (Lipinski definition) is 5. The van der Waals surface area contributed by atoms with Crippen LogP contribution in [0.3, 0.4) is 0 Å². The molecule has 0 fully saturated rings. The van der Waals surface area contributed by atoms with Crippen molar-refractivity contribution in [1.29, 1.82) is 0 Å². The van der Waals surface area contributed by atoms with Gasteiger partial charge >= 0.3 is 5.97 Å². The smallest absolute Gasteiger partial charge is 0.379 e. The Morgan fingerprint density at radius 1 is 1.11 bits per heavy atom. The number of ether oxygens (including phenoxy) is 3. The lowest BCUT2D eigenvalue weighted by molar-refractivity contribution is -0.137. The van der Waals surface area contributed by atoms with Crippen molar-refractivity contribution in [1.82, 2.24) is 0 Å². The van der Waals surface area contributed by atoms with Crippen LogP contribution in [-0.4, -0.2) is 32.6 Å².